The van der Waals surface area contributed by atoms with Crippen LogP contribution in [0, 0.1) is 0 Å². The van der Waals surface area contributed by atoms with E-state index in [2.05, 4.69) is 0 Å². The molecule has 0 spiro atoms. The summed E-state index contributed by atoms with van der Waals surface area (Å²) in [6.07, 6.45) is 0. The number of rotatable bonds is 3. The van der Waals surface area contributed by atoms with Crippen molar-refractivity contribution in [2.24, 2.45) is 5.73 Å². The minimum atomic E-state index is 0.508. The topological polar surface area (TPSA) is 44.5 Å². The van der Waals surface area contributed by atoms with E-state index in [0.29, 0.717) is 6.54 Å². The Balaban J connectivity index is 2.74. The second-order valence-corrected chi connectivity index (χ2v) is 3.54. The summed E-state index contributed by atoms with van der Waals surface area (Å²) >= 11 is 0. The predicted octanol–water partition coefficient (Wildman–Crippen LogP) is 2.32. The van der Waals surface area contributed by atoms with Crippen molar-refractivity contribution >= 4 is 10.8 Å². The quantitative estimate of drug-likeness (QED) is 0.858. The van der Waals surface area contributed by atoms with Crippen molar-refractivity contribution in [3.63, 3.8) is 0 Å². The third-order valence-corrected chi connectivity index (χ3v) is 2.71. The summed E-state index contributed by atoms with van der Waals surface area (Å²) in [5.41, 5.74) is 6.81. The number of nitrogens with two attached hydrogens (primary N) is 1. The van der Waals surface area contributed by atoms with E-state index < -0.39 is 0 Å². The number of hydrogen-bond donors (Lipinski definition) is 1. The third-order valence-electron chi connectivity index (χ3n) is 2.71. The second-order valence-electron chi connectivity index (χ2n) is 3.54. The van der Waals surface area contributed by atoms with Crippen molar-refractivity contribution in [1.29, 1.82) is 0 Å². The molecule has 84 valence electrons. The van der Waals surface area contributed by atoms with Crippen LogP contribution in [0.3, 0.4) is 0 Å². The minimum Gasteiger partial charge on any atom is -0.497 e. The van der Waals surface area contributed by atoms with Crippen molar-refractivity contribution in [3.05, 3.63) is 35.9 Å². The molecule has 0 atom stereocenters. The van der Waals surface area contributed by atoms with Crippen LogP contribution in [-0.4, -0.2) is 14.2 Å². The number of benzene rings is 2. The number of methoxy groups -OCH3 is 2. The highest BCUT2D eigenvalue weighted by molar-refractivity contribution is 5.92. The fourth-order valence-corrected chi connectivity index (χ4v) is 1.84. The van der Waals surface area contributed by atoms with Gasteiger partial charge in [0.1, 0.15) is 11.5 Å². The highest BCUT2D eigenvalue weighted by Crippen LogP contribution is 2.31. The standard InChI is InChI=1S/C13H15NO2/c1-15-10-4-5-11-12(7-10)9(8-14)3-6-13(11)16-2/h3-7H,8,14H2,1-2H3. The van der Waals surface area contributed by atoms with Gasteiger partial charge in [0.25, 0.3) is 0 Å². The monoisotopic (exact) mass is 217 g/mol. The van der Waals surface area contributed by atoms with E-state index in [-0.39, 0.29) is 0 Å². The lowest BCUT2D eigenvalue weighted by Gasteiger charge is -2.10. The average molecular weight is 217 g/mol. The molecule has 0 fully saturated rings. The van der Waals surface area contributed by atoms with Gasteiger partial charge in [0.15, 0.2) is 0 Å². The SMILES string of the molecule is COc1ccc2c(OC)ccc(CN)c2c1. The molecule has 0 saturated heterocycles. The van der Waals surface area contributed by atoms with Gasteiger partial charge in [-0.25, -0.2) is 0 Å². The van der Waals surface area contributed by atoms with Crippen LogP contribution in [-0.2, 0) is 6.54 Å². The number of fused-ring (bicyclic) bond motifs is 1. The number of ether oxygens (including phenoxy) is 2. The molecule has 0 radical (unpaired) electrons. The summed E-state index contributed by atoms with van der Waals surface area (Å²) in [5, 5.41) is 2.15. The fraction of sp³-hybridized carbons (Fsp3) is 0.231. The van der Waals surface area contributed by atoms with Crippen LogP contribution in [0.2, 0.25) is 0 Å². The first kappa shape index (κ1) is 10.8. The first-order valence-corrected chi connectivity index (χ1v) is 5.14. The lowest BCUT2D eigenvalue weighted by atomic mass is 10.0. The van der Waals surface area contributed by atoms with Gasteiger partial charge in [-0.3, -0.25) is 0 Å². The highest BCUT2D eigenvalue weighted by atomic mass is 16.5. The Labute approximate surface area is 94.8 Å². The molecule has 0 amide bonds. The molecular weight excluding hydrogens is 202 g/mol. The van der Waals surface area contributed by atoms with Crippen molar-refractivity contribution in [1.82, 2.24) is 0 Å². The van der Waals surface area contributed by atoms with Gasteiger partial charge in [0.05, 0.1) is 14.2 Å². The van der Waals surface area contributed by atoms with E-state index in [1.165, 1.54) is 0 Å². The zero-order valence-electron chi connectivity index (χ0n) is 9.49. The molecule has 0 heterocycles. The van der Waals surface area contributed by atoms with E-state index in [9.17, 15) is 0 Å². The van der Waals surface area contributed by atoms with Crippen LogP contribution < -0.4 is 15.2 Å². The van der Waals surface area contributed by atoms with E-state index in [4.69, 9.17) is 15.2 Å². The van der Waals surface area contributed by atoms with Gasteiger partial charge in [0.2, 0.25) is 0 Å². The van der Waals surface area contributed by atoms with Crippen LogP contribution in [0.25, 0.3) is 10.8 Å². The van der Waals surface area contributed by atoms with E-state index in [0.717, 1.165) is 27.8 Å². The maximum Gasteiger partial charge on any atom is 0.126 e. The van der Waals surface area contributed by atoms with Gasteiger partial charge in [-0.1, -0.05) is 6.07 Å². The summed E-state index contributed by atoms with van der Waals surface area (Å²) in [4.78, 5) is 0. The van der Waals surface area contributed by atoms with Gasteiger partial charge in [-0.05, 0) is 35.2 Å². The Morgan fingerprint density at radius 1 is 1.00 bits per heavy atom. The first-order chi connectivity index (χ1) is 7.80. The van der Waals surface area contributed by atoms with Gasteiger partial charge < -0.3 is 15.2 Å². The zero-order valence-corrected chi connectivity index (χ0v) is 9.49. The molecule has 2 aromatic rings. The Morgan fingerprint density at radius 2 is 1.81 bits per heavy atom. The molecular formula is C13H15NO2. The molecule has 3 nitrogen and oxygen atoms in total. The van der Waals surface area contributed by atoms with Gasteiger partial charge >= 0.3 is 0 Å². The first-order valence-electron chi connectivity index (χ1n) is 5.14. The molecule has 2 rings (SSSR count). The molecule has 0 aliphatic heterocycles. The maximum absolute atomic E-state index is 5.72. The van der Waals surface area contributed by atoms with E-state index in [1.54, 1.807) is 14.2 Å². The molecule has 0 aromatic heterocycles. The number of hydrogen-bond acceptors (Lipinski definition) is 3. The van der Waals surface area contributed by atoms with Gasteiger partial charge in [-0.15, -0.1) is 0 Å². The molecule has 0 saturated carbocycles. The average Bonchev–Trinajstić information content (AvgIpc) is 2.36. The molecule has 3 heteroatoms. The maximum atomic E-state index is 5.72. The normalized spacial score (nSPS) is 10.4. The van der Waals surface area contributed by atoms with E-state index in [1.807, 2.05) is 30.3 Å². The summed E-state index contributed by atoms with van der Waals surface area (Å²) < 4.78 is 10.5. The van der Waals surface area contributed by atoms with Crippen LogP contribution >= 0.6 is 0 Å². The molecule has 0 aliphatic carbocycles. The lowest BCUT2D eigenvalue weighted by molar-refractivity contribution is 0.414. The zero-order chi connectivity index (χ0) is 11.5. The molecule has 0 aliphatic rings. The Bertz CT molecular complexity index is 509. The van der Waals surface area contributed by atoms with Gasteiger partial charge in [-0.2, -0.15) is 0 Å². The summed E-state index contributed by atoms with van der Waals surface area (Å²) in [6, 6.07) is 9.83. The second kappa shape index (κ2) is 4.41. The van der Waals surface area contributed by atoms with Crippen molar-refractivity contribution in [2.75, 3.05) is 14.2 Å². The predicted molar refractivity (Wildman–Crippen MR) is 64.9 cm³/mol. The van der Waals surface area contributed by atoms with Crippen LogP contribution in [0.5, 0.6) is 11.5 Å². The Hall–Kier alpha value is -1.74. The Morgan fingerprint density at radius 3 is 2.44 bits per heavy atom. The summed E-state index contributed by atoms with van der Waals surface area (Å²) in [5.74, 6) is 1.69. The lowest BCUT2D eigenvalue weighted by Crippen LogP contribution is -1.98. The van der Waals surface area contributed by atoms with Crippen LogP contribution in [0.4, 0.5) is 0 Å². The van der Waals surface area contributed by atoms with Crippen LogP contribution in [0.15, 0.2) is 30.3 Å². The molecule has 0 unspecified atom stereocenters. The van der Waals surface area contributed by atoms with Crippen molar-refractivity contribution in [2.45, 2.75) is 6.54 Å². The smallest absolute Gasteiger partial charge is 0.126 e. The third kappa shape index (κ3) is 1.70. The van der Waals surface area contributed by atoms with Gasteiger partial charge in [0, 0.05) is 11.9 Å². The molecule has 2 aromatic carbocycles. The van der Waals surface area contributed by atoms with Crippen molar-refractivity contribution < 1.29 is 9.47 Å². The molecule has 0 bridgehead atoms. The van der Waals surface area contributed by atoms with Crippen LogP contribution in [0.1, 0.15) is 5.56 Å². The minimum absolute atomic E-state index is 0.508. The molecule has 16 heavy (non-hydrogen) atoms. The fourth-order valence-electron chi connectivity index (χ4n) is 1.84. The highest BCUT2D eigenvalue weighted by Gasteiger charge is 2.06. The molecule has 2 N–H and O–H groups in total. The largest absolute Gasteiger partial charge is 0.497 e. The summed E-state index contributed by atoms with van der Waals surface area (Å²) in [7, 11) is 3.32. The van der Waals surface area contributed by atoms with E-state index >= 15 is 0 Å². The van der Waals surface area contributed by atoms with Crippen molar-refractivity contribution in [3.8, 4) is 11.5 Å². The summed E-state index contributed by atoms with van der Waals surface area (Å²) in [6.45, 7) is 0.508. The Kier molecular flexibility index (Phi) is 2.97.